The second kappa shape index (κ2) is 8.65. The van der Waals surface area contributed by atoms with Crippen LogP contribution >= 0.6 is 0 Å². The lowest BCUT2D eigenvalue weighted by Gasteiger charge is -2.38. The van der Waals surface area contributed by atoms with Crippen LogP contribution in [-0.4, -0.2) is 43.3 Å². The van der Waals surface area contributed by atoms with Crippen molar-refractivity contribution in [3.05, 3.63) is 58.7 Å². The lowest BCUT2D eigenvalue weighted by molar-refractivity contribution is -0.143. The van der Waals surface area contributed by atoms with Crippen LogP contribution in [0.25, 0.3) is 0 Å². The van der Waals surface area contributed by atoms with Crippen molar-refractivity contribution in [2.45, 2.75) is 32.7 Å². The minimum absolute atomic E-state index is 0.0549. The standard InChI is InChI=1S/C23H29NO4/c1-15-8-9-16(2)18(14-15)22(24-12-10-17(11-13-24)23(25)26)21-19(27-3)6-5-7-20(21)28-4/h5-9,14,17,22H,10-13H2,1-4H3,(H,25,26). The van der Waals surface area contributed by atoms with Crippen LogP contribution in [0.3, 0.4) is 0 Å². The van der Waals surface area contributed by atoms with Gasteiger partial charge in [-0.2, -0.15) is 0 Å². The normalized spacial score (nSPS) is 16.6. The molecule has 150 valence electrons. The number of benzene rings is 2. The summed E-state index contributed by atoms with van der Waals surface area (Å²) in [6, 6.07) is 12.3. The van der Waals surface area contributed by atoms with Crippen molar-refractivity contribution in [3.8, 4) is 11.5 Å². The molecule has 0 aromatic heterocycles. The first-order valence-electron chi connectivity index (χ1n) is 9.71. The monoisotopic (exact) mass is 383 g/mol. The summed E-state index contributed by atoms with van der Waals surface area (Å²) in [5, 5.41) is 9.38. The molecule has 1 aliphatic rings. The van der Waals surface area contributed by atoms with E-state index in [0.29, 0.717) is 12.8 Å². The van der Waals surface area contributed by atoms with Gasteiger partial charge in [0.05, 0.1) is 31.7 Å². The molecule has 1 aliphatic heterocycles. The molecular weight excluding hydrogens is 354 g/mol. The van der Waals surface area contributed by atoms with E-state index < -0.39 is 5.97 Å². The topological polar surface area (TPSA) is 59.0 Å². The predicted molar refractivity (Wildman–Crippen MR) is 109 cm³/mol. The van der Waals surface area contributed by atoms with Crippen LogP contribution in [0.1, 0.15) is 41.1 Å². The molecule has 1 fully saturated rings. The lowest BCUT2D eigenvalue weighted by atomic mass is 9.88. The average Bonchev–Trinajstić information content (AvgIpc) is 2.71. The smallest absolute Gasteiger partial charge is 0.306 e. The minimum Gasteiger partial charge on any atom is -0.496 e. The molecule has 0 spiro atoms. The Balaban J connectivity index is 2.12. The van der Waals surface area contributed by atoms with Crippen LogP contribution < -0.4 is 9.47 Å². The number of hydrogen-bond donors (Lipinski definition) is 1. The molecular formula is C23H29NO4. The molecule has 0 saturated carbocycles. The fourth-order valence-corrected chi connectivity index (χ4v) is 4.14. The Bertz CT molecular complexity index is 818. The van der Waals surface area contributed by atoms with Gasteiger partial charge in [0.25, 0.3) is 0 Å². The number of likely N-dealkylation sites (tertiary alicyclic amines) is 1. The van der Waals surface area contributed by atoms with E-state index in [1.807, 2.05) is 18.2 Å². The molecule has 1 unspecified atom stereocenters. The number of ether oxygens (including phenoxy) is 2. The van der Waals surface area contributed by atoms with Gasteiger partial charge in [0.15, 0.2) is 0 Å². The maximum atomic E-state index is 11.4. The van der Waals surface area contributed by atoms with Gasteiger partial charge < -0.3 is 14.6 Å². The lowest BCUT2D eigenvalue weighted by Crippen LogP contribution is -2.39. The number of nitrogens with zero attached hydrogens (tertiary/aromatic N) is 1. The van der Waals surface area contributed by atoms with E-state index in [2.05, 4.69) is 36.9 Å². The van der Waals surface area contributed by atoms with Gasteiger partial charge in [0.1, 0.15) is 11.5 Å². The van der Waals surface area contributed by atoms with Crippen molar-refractivity contribution in [2.24, 2.45) is 5.92 Å². The van der Waals surface area contributed by atoms with Gasteiger partial charge in [-0.25, -0.2) is 0 Å². The van der Waals surface area contributed by atoms with Gasteiger partial charge in [-0.3, -0.25) is 9.69 Å². The molecule has 0 radical (unpaired) electrons. The van der Waals surface area contributed by atoms with Gasteiger partial charge in [0, 0.05) is 0 Å². The molecule has 1 saturated heterocycles. The quantitative estimate of drug-likeness (QED) is 0.810. The highest BCUT2D eigenvalue weighted by Gasteiger charge is 2.34. The molecule has 2 aromatic rings. The molecule has 0 amide bonds. The van der Waals surface area contributed by atoms with Crippen LogP contribution in [0.2, 0.25) is 0 Å². The number of carboxylic acids is 1. The van der Waals surface area contributed by atoms with Gasteiger partial charge in [-0.15, -0.1) is 0 Å². The fourth-order valence-electron chi connectivity index (χ4n) is 4.14. The maximum Gasteiger partial charge on any atom is 0.306 e. The summed E-state index contributed by atoms with van der Waals surface area (Å²) in [6.07, 6.45) is 1.29. The van der Waals surface area contributed by atoms with Crippen molar-refractivity contribution < 1.29 is 19.4 Å². The highest BCUT2D eigenvalue weighted by molar-refractivity contribution is 5.70. The third-order valence-corrected chi connectivity index (χ3v) is 5.71. The number of rotatable bonds is 6. The first-order chi connectivity index (χ1) is 13.5. The van der Waals surface area contributed by atoms with E-state index in [9.17, 15) is 9.90 Å². The molecule has 1 N–H and O–H groups in total. The van der Waals surface area contributed by atoms with Gasteiger partial charge in [0.2, 0.25) is 0 Å². The van der Waals surface area contributed by atoms with E-state index in [4.69, 9.17) is 9.47 Å². The van der Waals surface area contributed by atoms with E-state index in [0.717, 1.165) is 30.2 Å². The van der Waals surface area contributed by atoms with Crippen LogP contribution in [0.15, 0.2) is 36.4 Å². The van der Waals surface area contributed by atoms with Crippen LogP contribution in [0, 0.1) is 19.8 Å². The molecule has 0 bridgehead atoms. The van der Waals surface area contributed by atoms with E-state index >= 15 is 0 Å². The summed E-state index contributed by atoms with van der Waals surface area (Å²) in [5.74, 6) is 0.601. The van der Waals surface area contributed by atoms with Crippen LogP contribution in [-0.2, 0) is 4.79 Å². The van der Waals surface area contributed by atoms with Gasteiger partial charge in [-0.05, 0) is 63.0 Å². The van der Waals surface area contributed by atoms with Crippen molar-refractivity contribution in [1.29, 1.82) is 0 Å². The third-order valence-electron chi connectivity index (χ3n) is 5.71. The maximum absolute atomic E-state index is 11.4. The molecule has 1 atom stereocenters. The summed E-state index contributed by atoms with van der Waals surface area (Å²) >= 11 is 0. The Labute approximate surface area is 166 Å². The molecule has 28 heavy (non-hydrogen) atoms. The predicted octanol–water partition coefficient (Wildman–Crippen LogP) is 4.21. The van der Waals surface area contributed by atoms with Crippen molar-refractivity contribution >= 4 is 5.97 Å². The van der Waals surface area contributed by atoms with Gasteiger partial charge >= 0.3 is 5.97 Å². The number of aryl methyl sites for hydroxylation is 2. The van der Waals surface area contributed by atoms with E-state index in [1.54, 1.807) is 14.2 Å². The summed E-state index contributed by atoms with van der Waals surface area (Å²) in [7, 11) is 3.35. The van der Waals surface area contributed by atoms with Crippen LogP contribution in [0.5, 0.6) is 11.5 Å². The van der Waals surface area contributed by atoms with Gasteiger partial charge in [-0.1, -0.05) is 29.8 Å². The Morgan fingerprint density at radius 2 is 1.68 bits per heavy atom. The number of aliphatic carboxylic acids is 1. The average molecular weight is 383 g/mol. The second-order valence-electron chi connectivity index (χ2n) is 7.49. The van der Waals surface area contributed by atoms with Crippen molar-refractivity contribution in [1.82, 2.24) is 4.90 Å². The fraction of sp³-hybridized carbons (Fsp3) is 0.435. The zero-order chi connectivity index (χ0) is 20.3. The third kappa shape index (κ3) is 3.99. The summed E-state index contributed by atoms with van der Waals surface area (Å²) < 4.78 is 11.4. The first-order valence-corrected chi connectivity index (χ1v) is 9.71. The summed E-state index contributed by atoms with van der Waals surface area (Å²) in [4.78, 5) is 13.8. The largest absolute Gasteiger partial charge is 0.496 e. The Kier molecular flexibility index (Phi) is 6.25. The first kappa shape index (κ1) is 20.2. The summed E-state index contributed by atoms with van der Waals surface area (Å²) in [6.45, 7) is 5.65. The zero-order valence-electron chi connectivity index (χ0n) is 17.1. The number of hydrogen-bond acceptors (Lipinski definition) is 4. The molecule has 3 rings (SSSR count). The molecule has 1 heterocycles. The van der Waals surface area contributed by atoms with Crippen LogP contribution in [0.4, 0.5) is 0 Å². The SMILES string of the molecule is COc1cccc(OC)c1C(c1cc(C)ccc1C)N1CCC(C(=O)O)CC1. The highest BCUT2D eigenvalue weighted by Crippen LogP contribution is 2.43. The van der Waals surface area contributed by atoms with Crippen molar-refractivity contribution in [3.63, 3.8) is 0 Å². The Morgan fingerprint density at radius 3 is 2.21 bits per heavy atom. The number of methoxy groups -OCH3 is 2. The van der Waals surface area contributed by atoms with E-state index in [-0.39, 0.29) is 12.0 Å². The zero-order valence-corrected chi connectivity index (χ0v) is 17.1. The van der Waals surface area contributed by atoms with Crippen molar-refractivity contribution in [2.75, 3.05) is 27.3 Å². The Morgan fingerprint density at radius 1 is 1.07 bits per heavy atom. The Hall–Kier alpha value is -2.53. The number of carbonyl (C=O) groups is 1. The minimum atomic E-state index is -0.696. The molecule has 5 heteroatoms. The molecule has 5 nitrogen and oxygen atoms in total. The highest BCUT2D eigenvalue weighted by atomic mass is 16.5. The summed E-state index contributed by atoms with van der Waals surface area (Å²) in [5.41, 5.74) is 4.59. The number of carboxylic acid groups (broad SMARTS) is 1. The second-order valence-corrected chi connectivity index (χ2v) is 7.49. The molecule has 2 aromatic carbocycles. The molecule has 0 aliphatic carbocycles. The van der Waals surface area contributed by atoms with E-state index in [1.165, 1.54) is 16.7 Å². The number of piperidine rings is 1.